The average Bonchev–Trinajstić information content (AvgIpc) is 2.83. The van der Waals surface area contributed by atoms with Gasteiger partial charge in [0.1, 0.15) is 5.82 Å². The molecule has 108 valence electrons. The molecule has 0 spiro atoms. The maximum absolute atomic E-state index is 6.58. The van der Waals surface area contributed by atoms with E-state index in [1.54, 1.807) is 0 Å². The number of nitrogens with zero attached hydrogens (tertiary/aromatic N) is 2. The lowest BCUT2D eigenvalue weighted by atomic mass is 9.76. The summed E-state index contributed by atoms with van der Waals surface area (Å²) in [5.74, 6) is 2.12. The van der Waals surface area contributed by atoms with Gasteiger partial charge in [0.05, 0.1) is 17.7 Å². The van der Waals surface area contributed by atoms with Crippen molar-refractivity contribution in [2.24, 2.45) is 11.7 Å². The van der Waals surface area contributed by atoms with Crippen LogP contribution in [0.4, 0.5) is 0 Å². The van der Waals surface area contributed by atoms with Crippen molar-refractivity contribution >= 4 is 11.2 Å². The molecule has 2 atom stereocenters. The molecule has 2 aromatic rings. The smallest absolute Gasteiger partial charge is 0.215 e. The molecule has 0 aliphatic heterocycles. The monoisotopic (exact) mass is 274 g/mol. The molecular formula is C15H22N4O. The van der Waals surface area contributed by atoms with Gasteiger partial charge in [-0.25, -0.2) is 4.98 Å². The standard InChI is InChI=1S/C15H22N4O/c1-3-20-12-7-6-11-13(18-12)19-14(17-11)15(16)8-4-5-10(2)9-15/h6-7,10H,3-5,8-9,16H2,1-2H3,(H,17,18,19). The zero-order valence-corrected chi connectivity index (χ0v) is 12.1. The van der Waals surface area contributed by atoms with E-state index in [-0.39, 0.29) is 5.54 Å². The van der Waals surface area contributed by atoms with E-state index in [9.17, 15) is 0 Å². The highest BCUT2D eigenvalue weighted by Crippen LogP contribution is 2.37. The first-order valence-electron chi connectivity index (χ1n) is 7.39. The third-order valence-electron chi connectivity index (χ3n) is 4.12. The largest absolute Gasteiger partial charge is 0.478 e. The number of imidazole rings is 1. The Hall–Kier alpha value is -1.62. The van der Waals surface area contributed by atoms with Crippen LogP contribution in [0.1, 0.15) is 45.4 Å². The second-order valence-corrected chi connectivity index (χ2v) is 5.90. The van der Waals surface area contributed by atoms with Gasteiger partial charge in [-0.1, -0.05) is 19.8 Å². The van der Waals surface area contributed by atoms with E-state index in [1.165, 1.54) is 6.42 Å². The van der Waals surface area contributed by atoms with Gasteiger partial charge in [-0.3, -0.25) is 0 Å². The number of rotatable bonds is 3. The zero-order valence-electron chi connectivity index (χ0n) is 12.1. The number of ether oxygens (including phenoxy) is 1. The fraction of sp³-hybridized carbons (Fsp3) is 0.600. The maximum Gasteiger partial charge on any atom is 0.215 e. The third kappa shape index (κ3) is 2.38. The molecule has 1 saturated carbocycles. The summed E-state index contributed by atoms with van der Waals surface area (Å²) >= 11 is 0. The molecule has 20 heavy (non-hydrogen) atoms. The van der Waals surface area contributed by atoms with Crippen molar-refractivity contribution in [3.63, 3.8) is 0 Å². The van der Waals surface area contributed by atoms with Crippen LogP contribution in [0, 0.1) is 5.92 Å². The molecule has 0 saturated heterocycles. The summed E-state index contributed by atoms with van der Waals surface area (Å²) in [7, 11) is 0. The first-order chi connectivity index (χ1) is 9.60. The summed E-state index contributed by atoms with van der Waals surface area (Å²) in [5.41, 5.74) is 7.85. The molecule has 5 nitrogen and oxygen atoms in total. The fourth-order valence-electron chi connectivity index (χ4n) is 3.15. The molecule has 0 amide bonds. The Balaban J connectivity index is 1.95. The molecule has 3 rings (SSSR count). The minimum Gasteiger partial charge on any atom is -0.478 e. The molecule has 2 heterocycles. The first-order valence-corrected chi connectivity index (χ1v) is 7.39. The lowest BCUT2D eigenvalue weighted by Gasteiger charge is -2.34. The molecule has 2 aromatic heterocycles. The number of hydrogen-bond donors (Lipinski definition) is 2. The maximum atomic E-state index is 6.58. The van der Waals surface area contributed by atoms with Gasteiger partial charge in [-0.15, -0.1) is 0 Å². The van der Waals surface area contributed by atoms with E-state index in [2.05, 4.69) is 21.9 Å². The van der Waals surface area contributed by atoms with Gasteiger partial charge in [-0.2, -0.15) is 4.98 Å². The van der Waals surface area contributed by atoms with Crippen LogP contribution < -0.4 is 10.5 Å². The predicted molar refractivity (Wildman–Crippen MR) is 78.6 cm³/mol. The minimum atomic E-state index is -0.343. The van der Waals surface area contributed by atoms with E-state index in [4.69, 9.17) is 10.5 Å². The van der Waals surface area contributed by atoms with Gasteiger partial charge < -0.3 is 15.5 Å². The summed E-state index contributed by atoms with van der Waals surface area (Å²) in [6.07, 6.45) is 4.37. The molecule has 2 unspecified atom stereocenters. The number of aromatic nitrogens is 3. The van der Waals surface area contributed by atoms with Gasteiger partial charge in [-0.05, 0) is 31.7 Å². The molecule has 5 heteroatoms. The Morgan fingerprint density at radius 3 is 3.05 bits per heavy atom. The van der Waals surface area contributed by atoms with Crippen LogP contribution in [0.25, 0.3) is 11.2 Å². The van der Waals surface area contributed by atoms with E-state index >= 15 is 0 Å². The summed E-state index contributed by atoms with van der Waals surface area (Å²) in [5, 5.41) is 0. The highest BCUT2D eigenvalue weighted by Gasteiger charge is 2.35. The first kappa shape index (κ1) is 13.4. The van der Waals surface area contributed by atoms with Gasteiger partial charge in [0, 0.05) is 6.07 Å². The average molecular weight is 274 g/mol. The van der Waals surface area contributed by atoms with Crippen molar-refractivity contribution in [1.29, 1.82) is 0 Å². The lowest BCUT2D eigenvalue weighted by Crippen LogP contribution is -2.42. The van der Waals surface area contributed by atoms with E-state index in [0.29, 0.717) is 24.1 Å². The number of hydrogen-bond acceptors (Lipinski definition) is 4. The van der Waals surface area contributed by atoms with E-state index in [0.717, 1.165) is 30.6 Å². The predicted octanol–water partition coefficient (Wildman–Crippen LogP) is 2.72. The number of pyridine rings is 1. The van der Waals surface area contributed by atoms with Crippen molar-refractivity contribution in [3.05, 3.63) is 18.0 Å². The van der Waals surface area contributed by atoms with Crippen LogP contribution in [-0.2, 0) is 5.54 Å². The summed E-state index contributed by atoms with van der Waals surface area (Å²) in [4.78, 5) is 12.4. The van der Waals surface area contributed by atoms with Crippen molar-refractivity contribution in [2.45, 2.75) is 45.1 Å². The summed E-state index contributed by atoms with van der Waals surface area (Å²) in [6.45, 7) is 4.81. The summed E-state index contributed by atoms with van der Waals surface area (Å²) < 4.78 is 5.41. The van der Waals surface area contributed by atoms with Crippen molar-refractivity contribution in [2.75, 3.05) is 6.61 Å². The number of fused-ring (bicyclic) bond motifs is 1. The molecule has 0 radical (unpaired) electrons. The number of nitrogens with two attached hydrogens (primary N) is 1. The van der Waals surface area contributed by atoms with Crippen LogP contribution in [-0.4, -0.2) is 21.6 Å². The number of H-pyrrole nitrogens is 1. The van der Waals surface area contributed by atoms with Crippen LogP contribution in [0.15, 0.2) is 12.1 Å². The van der Waals surface area contributed by atoms with E-state index in [1.807, 2.05) is 19.1 Å². The summed E-state index contributed by atoms with van der Waals surface area (Å²) in [6, 6.07) is 3.82. The van der Waals surface area contributed by atoms with Crippen LogP contribution >= 0.6 is 0 Å². The normalized spacial score (nSPS) is 26.9. The van der Waals surface area contributed by atoms with Crippen LogP contribution in [0.3, 0.4) is 0 Å². The fourth-order valence-corrected chi connectivity index (χ4v) is 3.15. The minimum absolute atomic E-state index is 0.343. The van der Waals surface area contributed by atoms with Crippen LogP contribution in [0.5, 0.6) is 5.88 Å². The van der Waals surface area contributed by atoms with Gasteiger partial charge >= 0.3 is 0 Å². The molecule has 0 bridgehead atoms. The highest BCUT2D eigenvalue weighted by molar-refractivity contribution is 5.71. The van der Waals surface area contributed by atoms with Crippen LogP contribution in [0.2, 0.25) is 0 Å². The Morgan fingerprint density at radius 2 is 2.30 bits per heavy atom. The third-order valence-corrected chi connectivity index (χ3v) is 4.12. The Labute approximate surface area is 118 Å². The van der Waals surface area contributed by atoms with Gasteiger partial charge in [0.15, 0.2) is 5.65 Å². The molecule has 1 aliphatic carbocycles. The number of nitrogens with one attached hydrogen (secondary N) is 1. The van der Waals surface area contributed by atoms with Crippen molar-refractivity contribution < 1.29 is 4.74 Å². The zero-order chi connectivity index (χ0) is 14.2. The van der Waals surface area contributed by atoms with E-state index < -0.39 is 0 Å². The Bertz CT molecular complexity index is 609. The molecular weight excluding hydrogens is 252 g/mol. The Kier molecular flexibility index (Phi) is 3.38. The molecule has 3 N–H and O–H groups in total. The molecule has 0 aromatic carbocycles. The number of aromatic amines is 1. The quantitative estimate of drug-likeness (QED) is 0.902. The lowest BCUT2D eigenvalue weighted by molar-refractivity contribution is 0.229. The second kappa shape index (κ2) is 5.05. The molecule has 1 aliphatic rings. The van der Waals surface area contributed by atoms with Crippen molar-refractivity contribution in [1.82, 2.24) is 15.0 Å². The second-order valence-electron chi connectivity index (χ2n) is 5.90. The van der Waals surface area contributed by atoms with Gasteiger partial charge in [0.25, 0.3) is 0 Å². The van der Waals surface area contributed by atoms with Gasteiger partial charge in [0.2, 0.25) is 5.88 Å². The Morgan fingerprint density at radius 1 is 1.45 bits per heavy atom. The topological polar surface area (TPSA) is 76.8 Å². The van der Waals surface area contributed by atoms with Crippen molar-refractivity contribution in [3.8, 4) is 5.88 Å². The highest BCUT2D eigenvalue weighted by atomic mass is 16.5. The SMILES string of the molecule is CCOc1ccc2[nH]c(C3(N)CCCC(C)C3)nc2n1. The molecule has 1 fully saturated rings.